The van der Waals surface area contributed by atoms with Crippen molar-refractivity contribution in [2.75, 3.05) is 12.2 Å². The molecule has 0 N–H and O–H groups in total. The van der Waals surface area contributed by atoms with Gasteiger partial charge in [-0.15, -0.1) is 0 Å². The monoisotopic (exact) mass is 248 g/mol. The van der Waals surface area contributed by atoms with E-state index in [1.165, 1.54) is 12.7 Å². The molecule has 96 valence electrons. The Kier molecular flexibility index (Phi) is 4.80. The molecule has 0 amide bonds. The standard InChI is InChI=1S/C12H24O3S/c1-9(2)11-6-5-10(3)7-12(11)15-8-16(4,13)14/h9-12H,5-8H2,1-4H3. The summed E-state index contributed by atoms with van der Waals surface area (Å²) in [6.45, 7) is 6.60. The minimum atomic E-state index is -3.01. The third-order valence-electron chi connectivity index (χ3n) is 3.46. The van der Waals surface area contributed by atoms with Crippen LogP contribution in [-0.4, -0.2) is 26.7 Å². The van der Waals surface area contributed by atoms with Crippen molar-refractivity contribution in [3.05, 3.63) is 0 Å². The lowest BCUT2D eigenvalue weighted by molar-refractivity contribution is -0.0190. The van der Waals surface area contributed by atoms with Crippen LogP contribution in [0.15, 0.2) is 0 Å². The highest BCUT2D eigenvalue weighted by molar-refractivity contribution is 7.90. The molecule has 1 saturated carbocycles. The van der Waals surface area contributed by atoms with Crippen molar-refractivity contribution in [3.63, 3.8) is 0 Å². The van der Waals surface area contributed by atoms with Crippen LogP contribution in [-0.2, 0) is 14.6 Å². The highest BCUT2D eigenvalue weighted by Crippen LogP contribution is 2.35. The summed E-state index contributed by atoms with van der Waals surface area (Å²) in [6, 6.07) is 0. The number of sulfone groups is 1. The second-order valence-electron chi connectivity index (χ2n) is 5.57. The molecule has 1 rings (SSSR count). The van der Waals surface area contributed by atoms with Gasteiger partial charge in [0.2, 0.25) is 0 Å². The first-order valence-corrected chi connectivity index (χ1v) is 8.15. The summed E-state index contributed by atoms with van der Waals surface area (Å²) < 4.78 is 27.8. The van der Waals surface area contributed by atoms with Crippen molar-refractivity contribution in [1.29, 1.82) is 0 Å². The Morgan fingerprint density at radius 2 is 1.94 bits per heavy atom. The molecule has 1 fully saturated rings. The third-order valence-corrected chi connectivity index (χ3v) is 4.02. The predicted octanol–water partition coefficient (Wildman–Crippen LogP) is 2.47. The van der Waals surface area contributed by atoms with Gasteiger partial charge in [0, 0.05) is 6.26 Å². The zero-order valence-electron chi connectivity index (χ0n) is 10.8. The third kappa shape index (κ3) is 4.42. The maximum absolute atomic E-state index is 11.1. The molecule has 0 aromatic carbocycles. The summed E-state index contributed by atoms with van der Waals surface area (Å²) in [4.78, 5) is 0. The van der Waals surface area contributed by atoms with E-state index in [4.69, 9.17) is 4.74 Å². The highest BCUT2D eigenvalue weighted by Gasteiger charge is 2.31. The normalized spacial score (nSPS) is 31.9. The van der Waals surface area contributed by atoms with Gasteiger partial charge in [-0.3, -0.25) is 0 Å². The first-order chi connectivity index (χ1) is 7.29. The SMILES string of the molecule is CC1CCC(C(C)C)C(OCS(C)(=O)=O)C1. The van der Waals surface area contributed by atoms with Crippen LogP contribution in [0.25, 0.3) is 0 Å². The van der Waals surface area contributed by atoms with E-state index in [1.54, 1.807) is 0 Å². The Labute approximate surface area is 99.5 Å². The van der Waals surface area contributed by atoms with E-state index in [0.717, 1.165) is 12.8 Å². The second-order valence-corrected chi connectivity index (χ2v) is 7.66. The fourth-order valence-electron chi connectivity index (χ4n) is 2.52. The Morgan fingerprint density at radius 1 is 1.31 bits per heavy atom. The molecule has 1 aliphatic rings. The molecule has 0 aromatic heterocycles. The van der Waals surface area contributed by atoms with Crippen LogP contribution >= 0.6 is 0 Å². The van der Waals surface area contributed by atoms with Gasteiger partial charge in [-0.05, 0) is 30.6 Å². The zero-order valence-corrected chi connectivity index (χ0v) is 11.6. The summed E-state index contributed by atoms with van der Waals surface area (Å²) in [5.41, 5.74) is 0. The second kappa shape index (κ2) is 5.50. The van der Waals surface area contributed by atoms with Crippen molar-refractivity contribution in [1.82, 2.24) is 0 Å². The van der Waals surface area contributed by atoms with Crippen LogP contribution in [0.5, 0.6) is 0 Å². The topological polar surface area (TPSA) is 43.4 Å². The molecule has 0 spiro atoms. The average Bonchev–Trinajstić information content (AvgIpc) is 2.13. The van der Waals surface area contributed by atoms with Crippen LogP contribution in [0.2, 0.25) is 0 Å². The Hall–Kier alpha value is -0.0900. The molecule has 0 radical (unpaired) electrons. The van der Waals surface area contributed by atoms with Crippen LogP contribution in [0.1, 0.15) is 40.0 Å². The van der Waals surface area contributed by atoms with Gasteiger partial charge in [0.25, 0.3) is 0 Å². The molecule has 1 aliphatic carbocycles. The van der Waals surface area contributed by atoms with Gasteiger partial charge >= 0.3 is 0 Å². The van der Waals surface area contributed by atoms with Gasteiger partial charge in [-0.2, -0.15) is 0 Å². The van der Waals surface area contributed by atoms with Gasteiger partial charge in [-0.25, -0.2) is 8.42 Å². The maximum Gasteiger partial charge on any atom is 0.171 e. The van der Waals surface area contributed by atoms with E-state index < -0.39 is 9.84 Å². The number of ether oxygens (including phenoxy) is 1. The highest BCUT2D eigenvalue weighted by atomic mass is 32.2. The summed E-state index contributed by atoms with van der Waals surface area (Å²) in [5, 5.41) is 0. The summed E-state index contributed by atoms with van der Waals surface area (Å²) in [7, 11) is -3.01. The summed E-state index contributed by atoms with van der Waals surface area (Å²) >= 11 is 0. The molecule has 0 aliphatic heterocycles. The average molecular weight is 248 g/mol. The number of rotatable bonds is 4. The minimum absolute atomic E-state index is 0.124. The van der Waals surface area contributed by atoms with Crippen molar-refractivity contribution in [2.45, 2.75) is 46.1 Å². The van der Waals surface area contributed by atoms with E-state index in [2.05, 4.69) is 20.8 Å². The fourth-order valence-corrected chi connectivity index (χ4v) is 2.94. The lowest BCUT2D eigenvalue weighted by atomic mass is 9.75. The Morgan fingerprint density at radius 3 is 2.44 bits per heavy atom. The van der Waals surface area contributed by atoms with E-state index >= 15 is 0 Å². The fraction of sp³-hybridized carbons (Fsp3) is 1.00. The summed E-state index contributed by atoms with van der Waals surface area (Å²) in [6.07, 6.45) is 4.75. The van der Waals surface area contributed by atoms with Crippen LogP contribution in [0.4, 0.5) is 0 Å². The van der Waals surface area contributed by atoms with E-state index in [9.17, 15) is 8.42 Å². The molecule has 0 aromatic rings. The Bertz CT molecular complexity index is 308. The maximum atomic E-state index is 11.1. The molecule has 3 atom stereocenters. The van der Waals surface area contributed by atoms with Crippen molar-refractivity contribution in [3.8, 4) is 0 Å². The molecular formula is C12H24O3S. The minimum Gasteiger partial charge on any atom is -0.362 e. The predicted molar refractivity (Wildman–Crippen MR) is 65.9 cm³/mol. The van der Waals surface area contributed by atoms with Gasteiger partial charge in [0.05, 0.1) is 6.10 Å². The van der Waals surface area contributed by atoms with Gasteiger partial charge in [-0.1, -0.05) is 27.2 Å². The molecule has 4 heteroatoms. The quantitative estimate of drug-likeness (QED) is 0.767. The lowest BCUT2D eigenvalue weighted by Crippen LogP contribution is -2.35. The lowest BCUT2D eigenvalue weighted by Gasteiger charge is -2.36. The van der Waals surface area contributed by atoms with Crippen LogP contribution in [0.3, 0.4) is 0 Å². The first-order valence-electron chi connectivity index (χ1n) is 6.09. The molecule has 0 saturated heterocycles. The number of hydrogen-bond donors (Lipinski definition) is 0. The molecule has 3 unspecified atom stereocenters. The van der Waals surface area contributed by atoms with Crippen LogP contribution in [0, 0.1) is 17.8 Å². The summed E-state index contributed by atoms with van der Waals surface area (Å²) in [5.74, 6) is 1.60. The number of hydrogen-bond acceptors (Lipinski definition) is 3. The van der Waals surface area contributed by atoms with E-state index in [0.29, 0.717) is 17.8 Å². The van der Waals surface area contributed by atoms with Crippen LogP contribution < -0.4 is 0 Å². The van der Waals surface area contributed by atoms with E-state index in [1.807, 2.05) is 0 Å². The molecule has 3 nitrogen and oxygen atoms in total. The zero-order chi connectivity index (χ0) is 12.3. The smallest absolute Gasteiger partial charge is 0.171 e. The first kappa shape index (κ1) is 14.0. The molecule has 16 heavy (non-hydrogen) atoms. The van der Waals surface area contributed by atoms with Crippen molar-refractivity contribution in [2.24, 2.45) is 17.8 Å². The molecule has 0 bridgehead atoms. The van der Waals surface area contributed by atoms with Gasteiger partial charge < -0.3 is 4.74 Å². The molecular weight excluding hydrogens is 224 g/mol. The van der Waals surface area contributed by atoms with Crippen molar-refractivity contribution >= 4 is 9.84 Å². The van der Waals surface area contributed by atoms with Gasteiger partial charge in [0.1, 0.15) is 5.94 Å². The van der Waals surface area contributed by atoms with Crippen molar-refractivity contribution < 1.29 is 13.2 Å². The van der Waals surface area contributed by atoms with E-state index in [-0.39, 0.29) is 12.0 Å². The van der Waals surface area contributed by atoms with Gasteiger partial charge in [0.15, 0.2) is 9.84 Å². The molecule has 0 heterocycles. The largest absolute Gasteiger partial charge is 0.362 e. The Balaban J connectivity index is 2.58.